The van der Waals surface area contributed by atoms with Crippen LogP contribution in [0.2, 0.25) is 0 Å². The van der Waals surface area contributed by atoms with Gasteiger partial charge in [0.2, 0.25) is 0 Å². The molecule has 0 aliphatic rings. The molecule has 0 radical (unpaired) electrons. The Morgan fingerprint density at radius 1 is 1.11 bits per heavy atom. The highest BCUT2D eigenvalue weighted by atomic mass is 19.4. The van der Waals surface area contributed by atoms with Gasteiger partial charge in [-0.25, -0.2) is 18.7 Å². The van der Waals surface area contributed by atoms with Gasteiger partial charge in [-0.1, -0.05) is 0 Å². The van der Waals surface area contributed by atoms with Crippen LogP contribution in [0.5, 0.6) is 0 Å². The van der Waals surface area contributed by atoms with Gasteiger partial charge in [-0.15, -0.1) is 0 Å². The second-order valence-electron chi connectivity index (χ2n) is 7.86. The van der Waals surface area contributed by atoms with Crippen molar-refractivity contribution in [1.82, 2.24) is 29.1 Å². The van der Waals surface area contributed by atoms with E-state index in [9.17, 15) is 22.4 Å². The van der Waals surface area contributed by atoms with Crippen LogP contribution in [0.4, 0.5) is 33.6 Å². The third kappa shape index (κ3) is 3.95. The zero-order chi connectivity index (χ0) is 25.8. The summed E-state index contributed by atoms with van der Waals surface area (Å²) in [7, 11) is 1.56. The van der Waals surface area contributed by atoms with Gasteiger partial charge in [-0.3, -0.25) is 23.8 Å². The number of alkyl halides is 3. The number of hydrogen-bond donors (Lipinski definition) is 1. The molecule has 4 heterocycles. The maximum absolute atomic E-state index is 15.1. The van der Waals surface area contributed by atoms with Crippen molar-refractivity contribution in [2.75, 3.05) is 10.6 Å². The number of nitrogen functional groups attached to an aromatic ring is 1. The Kier molecular flexibility index (Phi) is 5.30. The Morgan fingerprint density at radius 2 is 1.89 bits per heavy atom. The Labute approximate surface area is 198 Å². The number of amides is 1. The van der Waals surface area contributed by atoms with Gasteiger partial charge in [0, 0.05) is 31.6 Å². The van der Waals surface area contributed by atoms with Gasteiger partial charge >= 0.3 is 6.18 Å². The van der Waals surface area contributed by atoms with Gasteiger partial charge in [0.25, 0.3) is 5.91 Å². The minimum atomic E-state index is -4.80. The number of halogens is 5. The summed E-state index contributed by atoms with van der Waals surface area (Å²) in [4.78, 5) is 26.1. The maximum Gasteiger partial charge on any atom is 0.417 e. The molecule has 4 aromatic heterocycles. The van der Waals surface area contributed by atoms with Crippen molar-refractivity contribution < 1.29 is 26.7 Å². The van der Waals surface area contributed by atoms with E-state index >= 15 is 4.39 Å². The predicted molar refractivity (Wildman–Crippen MR) is 118 cm³/mol. The van der Waals surface area contributed by atoms with Crippen LogP contribution in [-0.2, 0) is 19.8 Å². The quantitative estimate of drug-likeness (QED) is 0.376. The van der Waals surface area contributed by atoms with Crippen molar-refractivity contribution >= 4 is 34.1 Å². The number of rotatable bonds is 4. The van der Waals surface area contributed by atoms with E-state index in [4.69, 9.17) is 5.73 Å². The topological polar surface area (TPSA) is 107 Å². The number of fused-ring (bicyclic) bond motifs is 3. The number of carbonyl (C=O) groups excluding carboxylic acids is 1. The SMILES string of the molecule is Cn1ccc(N(Cc2ncc(C(F)(F)F)cc2F)C(=O)c2cc3c(cc2F)nc(N)c2cncn23)n1. The summed E-state index contributed by atoms with van der Waals surface area (Å²) >= 11 is 0. The zero-order valence-corrected chi connectivity index (χ0v) is 18.3. The van der Waals surface area contributed by atoms with Crippen LogP contribution in [0, 0.1) is 11.6 Å². The van der Waals surface area contributed by atoms with Crippen LogP contribution in [-0.4, -0.2) is 35.0 Å². The van der Waals surface area contributed by atoms with Crippen LogP contribution >= 0.6 is 0 Å². The number of hydrogen-bond acceptors (Lipinski definition) is 6. The zero-order valence-electron chi connectivity index (χ0n) is 18.3. The van der Waals surface area contributed by atoms with Crippen LogP contribution in [0.15, 0.2) is 49.2 Å². The van der Waals surface area contributed by atoms with Crippen LogP contribution in [0.1, 0.15) is 21.6 Å². The molecule has 0 bridgehead atoms. The summed E-state index contributed by atoms with van der Waals surface area (Å²) in [5.74, 6) is -3.04. The smallest absolute Gasteiger partial charge is 0.382 e. The molecule has 0 atom stereocenters. The van der Waals surface area contributed by atoms with Gasteiger partial charge in [-0.05, 0) is 12.1 Å². The van der Waals surface area contributed by atoms with E-state index in [2.05, 4.69) is 20.1 Å². The van der Waals surface area contributed by atoms with Gasteiger partial charge in [0.05, 0.1) is 46.9 Å². The summed E-state index contributed by atoms with van der Waals surface area (Å²) in [5, 5.41) is 4.11. The fraction of sp³-hybridized carbons (Fsp3) is 0.136. The van der Waals surface area contributed by atoms with E-state index in [0.717, 1.165) is 11.0 Å². The highest BCUT2D eigenvalue weighted by molar-refractivity contribution is 6.07. The van der Waals surface area contributed by atoms with Crippen molar-refractivity contribution in [2.45, 2.75) is 12.7 Å². The lowest BCUT2D eigenvalue weighted by Crippen LogP contribution is -2.32. The summed E-state index contributed by atoms with van der Waals surface area (Å²) < 4.78 is 71.3. The number of aromatic nitrogens is 6. The summed E-state index contributed by atoms with van der Waals surface area (Å²) in [5.41, 5.74) is 4.64. The molecule has 9 nitrogen and oxygen atoms in total. The van der Waals surface area contributed by atoms with Crippen LogP contribution < -0.4 is 10.6 Å². The Bertz CT molecular complexity index is 1640. The van der Waals surface area contributed by atoms with Crippen molar-refractivity contribution in [1.29, 1.82) is 0 Å². The average molecular weight is 502 g/mol. The molecular weight excluding hydrogens is 487 g/mol. The standard InChI is InChI=1S/C22H15F5N8O/c1-33-3-2-19(32-33)34(9-16-14(24)4-11(7-30-16)22(25,26)27)21(36)12-5-17-15(6-13(12)23)31-20(28)18-8-29-10-35(17)18/h2-8,10H,9H2,1H3,(H2,28,31). The van der Waals surface area contributed by atoms with Crippen molar-refractivity contribution in [3.8, 4) is 0 Å². The summed E-state index contributed by atoms with van der Waals surface area (Å²) in [6, 6.07) is 3.95. The lowest BCUT2D eigenvalue weighted by atomic mass is 10.1. The molecule has 0 saturated carbocycles. The van der Waals surface area contributed by atoms with Crippen LogP contribution in [0.25, 0.3) is 16.6 Å². The largest absolute Gasteiger partial charge is 0.417 e. The normalized spacial score (nSPS) is 11.9. The van der Waals surface area contributed by atoms with Crippen molar-refractivity contribution in [3.63, 3.8) is 0 Å². The number of carbonyl (C=O) groups is 1. The molecule has 36 heavy (non-hydrogen) atoms. The number of pyridine rings is 1. The molecule has 0 spiro atoms. The molecule has 0 fully saturated rings. The van der Waals surface area contributed by atoms with Gasteiger partial charge in [0.15, 0.2) is 5.82 Å². The number of imidazole rings is 1. The van der Waals surface area contributed by atoms with E-state index < -0.39 is 47.1 Å². The second-order valence-corrected chi connectivity index (χ2v) is 7.86. The fourth-order valence-corrected chi connectivity index (χ4v) is 3.70. The van der Waals surface area contributed by atoms with Gasteiger partial charge < -0.3 is 5.73 Å². The average Bonchev–Trinajstić information content (AvgIpc) is 3.47. The minimum Gasteiger partial charge on any atom is -0.382 e. The Hall–Kier alpha value is -4.62. The third-order valence-electron chi connectivity index (χ3n) is 5.47. The molecule has 14 heteroatoms. The molecule has 5 aromatic rings. The molecule has 5 rings (SSSR count). The lowest BCUT2D eigenvalue weighted by molar-refractivity contribution is -0.138. The molecule has 0 unspecified atom stereocenters. The number of nitrogens with zero attached hydrogens (tertiary/aromatic N) is 7. The minimum absolute atomic E-state index is 0.00584. The monoisotopic (exact) mass is 502 g/mol. The highest BCUT2D eigenvalue weighted by Crippen LogP contribution is 2.30. The Morgan fingerprint density at radius 3 is 2.56 bits per heavy atom. The van der Waals surface area contributed by atoms with E-state index in [1.807, 2.05) is 0 Å². The Balaban J connectivity index is 1.61. The van der Waals surface area contributed by atoms with Gasteiger partial charge in [0.1, 0.15) is 23.0 Å². The molecule has 1 aromatic carbocycles. The first-order valence-corrected chi connectivity index (χ1v) is 10.3. The highest BCUT2D eigenvalue weighted by Gasteiger charge is 2.33. The van der Waals surface area contributed by atoms with Crippen molar-refractivity contribution in [3.05, 3.63) is 77.6 Å². The molecule has 1 amide bonds. The first kappa shape index (κ1) is 23.1. The van der Waals surface area contributed by atoms with E-state index in [0.29, 0.717) is 17.2 Å². The van der Waals surface area contributed by atoms with E-state index in [1.54, 1.807) is 7.05 Å². The van der Waals surface area contributed by atoms with E-state index in [-0.39, 0.29) is 23.2 Å². The number of benzene rings is 1. The first-order valence-electron chi connectivity index (χ1n) is 10.3. The summed E-state index contributed by atoms with van der Waals surface area (Å²) in [6.45, 7) is -0.613. The first-order chi connectivity index (χ1) is 17.0. The lowest BCUT2D eigenvalue weighted by Gasteiger charge is -2.21. The van der Waals surface area contributed by atoms with Crippen molar-refractivity contribution in [2.24, 2.45) is 7.05 Å². The fourth-order valence-electron chi connectivity index (χ4n) is 3.70. The summed E-state index contributed by atoms with van der Waals surface area (Å²) in [6.07, 6.45) is 0.0194. The number of nitrogens with two attached hydrogens (primary N) is 1. The second kappa shape index (κ2) is 8.25. The van der Waals surface area contributed by atoms with Gasteiger partial charge in [-0.2, -0.15) is 18.3 Å². The molecule has 0 aliphatic carbocycles. The number of aryl methyl sites for hydroxylation is 1. The number of anilines is 2. The van der Waals surface area contributed by atoms with Crippen LogP contribution in [0.3, 0.4) is 0 Å². The maximum atomic E-state index is 15.1. The predicted octanol–water partition coefficient (Wildman–Crippen LogP) is 3.74. The molecule has 184 valence electrons. The molecule has 0 saturated heterocycles. The third-order valence-corrected chi connectivity index (χ3v) is 5.47. The van der Waals surface area contributed by atoms with E-state index in [1.165, 1.54) is 39.9 Å². The molecule has 2 N–H and O–H groups in total. The molecule has 0 aliphatic heterocycles. The molecular formula is C22H15F5N8O.